The lowest BCUT2D eigenvalue weighted by Gasteiger charge is -1.99. The second-order valence-electron chi connectivity index (χ2n) is 1.16. The second kappa shape index (κ2) is 4.05. The molecule has 0 N–H and O–H groups in total. The Labute approximate surface area is 50.6 Å². The number of carbonyl (C=O) groups excluding carboxylic acids is 1. The molecule has 0 aromatic heterocycles. The molecule has 54 valence electrons. The number of halogens is 2. The molecule has 0 radical (unpaired) electrons. The van der Waals surface area contributed by atoms with Gasteiger partial charge in [-0.1, -0.05) is 0 Å². The zero-order chi connectivity index (χ0) is 7.28. The molecule has 0 aromatic carbocycles. The van der Waals surface area contributed by atoms with E-state index in [9.17, 15) is 13.6 Å². The summed E-state index contributed by atoms with van der Waals surface area (Å²) in [5, 5.41) is 0. The van der Waals surface area contributed by atoms with Gasteiger partial charge in [-0.2, -0.15) is 0 Å². The van der Waals surface area contributed by atoms with Crippen LogP contribution in [-0.4, -0.2) is 26.3 Å². The summed E-state index contributed by atoms with van der Waals surface area (Å²) in [7, 11) is 1.05. The van der Waals surface area contributed by atoms with Crippen molar-refractivity contribution in [2.45, 2.75) is 6.43 Å². The van der Waals surface area contributed by atoms with Gasteiger partial charge in [0.05, 0.1) is 7.11 Å². The van der Waals surface area contributed by atoms with Crippen LogP contribution in [0.2, 0.25) is 0 Å². The summed E-state index contributed by atoms with van der Waals surface area (Å²) >= 11 is 0. The van der Waals surface area contributed by atoms with E-state index in [1.54, 1.807) is 0 Å². The average molecular weight is 140 g/mol. The number of hydrogen-bond donors (Lipinski definition) is 0. The van der Waals surface area contributed by atoms with E-state index >= 15 is 0 Å². The van der Waals surface area contributed by atoms with E-state index in [1.165, 1.54) is 0 Å². The summed E-state index contributed by atoms with van der Waals surface area (Å²) < 4.78 is 30.1. The fourth-order valence-electron chi connectivity index (χ4n) is 0.190. The number of methoxy groups -OCH3 is 1. The van der Waals surface area contributed by atoms with E-state index in [0.29, 0.717) is 0 Å². The molecule has 0 heterocycles. The number of hydrogen-bond acceptors (Lipinski definition) is 3. The summed E-state index contributed by atoms with van der Waals surface area (Å²) in [4.78, 5) is 9.94. The first-order chi connectivity index (χ1) is 4.16. The van der Waals surface area contributed by atoms with Crippen LogP contribution in [0.1, 0.15) is 0 Å². The van der Waals surface area contributed by atoms with Gasteiger partial charge in [-0.05, 0) is 0 Å². The maximum Gasteiger partial charge on any atom is 0.508 e. The summed E-state index contributed by atoms with van der Waals surface area (Å²) in [6.07, 6.45) is -3.72. The highest BCUT2D eigenvalue weighted by Gasteiger charge is 2.06. The van der Waals surface area contributed by atoms with Crippen LogP contribution >= 0.6 is 0 Å². The lowest BCUT2D eigenvalue weighted by Crippen LogP contribution is -2.10. The Bertz CT molecular complexity index is 93.8. The predicted octanol–water partition coefficient (Wildman–Crippen LogP) is 1.03. The van der Waals surface area contributed by atoms with E-state index in [4.69, 9.17) is 0 Å². The monoisotopic (exact) mass is 140 g/mol. The third kappa shape index (κ3) is 4.99. The lowest BCUT2D eigenvalue weighted by atomic mass is 10.8. The van der Waals surface area contributed by atoms with E-state index in [1.807, 2.05) is 0 Å². The lowest BCUT2D eigenvalue weighted by molar-refractivity contribution is 0.0160. The largest absolute Gasteiger partial charge is 0.508 e. The van der Waals surface area contributed by atoms with E-state index < -0.39 is 19.2 Å². The van der Waals surface area contributed by atoms with Crippen molar-refractivity contribution in [2.75, 3.05) is 13.7 Å². The van der Waals surface area contributed by atoms with Crippen LogP contribution < -0.4 is 0 Å². The van der Waals surface area contributed by atoms with Gasteiger partial charge < -0.3 is 9.47 Å². The highest BCUT2D eigenvalue weighted by atomic mass is 19.3. The first-order valence-corrected chi connectivity index (χ1v) is 2.15. The van der Waals surface area contributed by atoms with Gasteiger partial charge in [0.25, 0.3) is 6.43 Å². The van der Waals surface area contributed by atoms with Crippen molar-refractivity contribution in [3.05, 3.63) is 0 Å². The summed E-state index contributed by atoms with van der Waals surface area (Å²) in [5.74, 6) is 0. The maximum atomic E-state index is 11.2. The third-order valence-corrected chi connectivity index (χ3v) is 0.494. The fraction of sp³-hybridized carbons (Fsp3) is 0.750. The molecule has 0 atom stereocenters. The molecule has 0 aromatic rings. The number of ether oxygens (including phenoxy) is 2. The van der Waals surface area contributed by atoms with Crippen LogP contribution in [0, 0.1) is 0 Å². The zero-order valence-electron chi connectivity index (χ0n) is 4.77. The Morgan fingerprint density at radius 2 is 2.22 bits per heavy atom. The van der Waals surface area contributed by atoms with Crippen molar-refractivity contribution in [2.24, 2.45) is 0 Å². The molecule has 3 nitrogen and oxygen atoms in total. The Morgan fingerprint density at radius 3 is 2.56 bits per heavy atom. The van der Waals surface area contributed by atoms with Crippen molar-refractivity contribution in [3.8, 4) is 0 Å². The molecule has 0 aliphatic heterocycles. The molecular weight excluding hydrogens is 134 g/mol. The molecule has 0 aliphatic rings. The van der Waals surface area contributed by atoms with Crippen LogP contribution in [-0.2, 0) is 9.47 Å². The van der Waals surface area contributed by atoms with E-state index in [0.717, 1.165) is 7.11 Å². The van der Waals surface area contributed by atoms with Crippen LogP contribution in [0.15, 0.2) is 0 Å². The second-order valence-corrected chi connectivity index (χ2v) is 1.16. The quantitative estimate of drug-likeness (QED) is 0.537. The maximum absolute atomic E-state index is 11.2. The Balaban J connectivity index is 3.17. The average Bonchev–Trinajstić information content (AvgIpc) is 1.83. The van der Waals surface area contributed by atoms with Gasteiger partial charge in [-0.3, -0.25) is 0 Å². The smallest absolute Gasteiger partial charge is 0.438 e. The highest BCUT2D eigenvalue weighted by Crippen LogP contribution is 1.93. The van der Waals surface area contributed by atoms with E-state index in [-0.39, 0.29) is 0 Å². The molecule has 0 aliphatic carbocycles. The van der Waals surface area contributed by atoms with Crippen LogP contribution in [0.3, 0.4) is 0 Å². The van der Waals surface area contributed by atoms with Gasteiger partial charge in [0.15, 0.2) is 6.61 Å². The van der Waals surface area contributed by atoms with Gasteiger partial charge in [0.2, 0.25) is 0 Å². The number of carbonyl (C=O) groups is 1. The Hall–Kier alpha value is -0.870. The Kier molecular flexibility index (Phi) is 3.66. The van der Waals surface area contributed by atoms with Crippen LogP contribution in [0.25, 0.3) is 0 Å². The van der Waals surface area contributed by atoms with Crippen molar-refractivity contribution < 1.29 is 23.0 Å². The SMILES string of the molecule is COC(=O)OCC(F)F. The van der Waals surface area contributed by atoms with Crippen molar-refractivity contribution in [1.82, 2.24) is 0 Å². The molecule has 0 saturated carbocycles. The molecule has 0 amide bonds. The number of rotatable bonds is 2. The van der Waals surface area contributed by atoms with Gasteiger partial charge in [0.1, 0.15) is 0 Å². The topological polar surface area (TPSA) is 35.5 Å². The highest BCUT2D eigenvalue weighted by molar-refractivity contribution is 5.59. The molecule has 5 heteroatoms. The Morgan fingerprint density at radius 1 is 1.67 bits per heavy atom. The molecule has 0 unspecified atom stereocenters. The predicted molar refractivity (Wildman–Crippen MR) is 24.4 cm³/mol. The molecule has 0 spiro atoms. The zero-order valence-corrected chi connectivity index (χ0v) is 4.77. The van der Waals surface area contributed by atoms with Gasteiger partial charge in [-0.25, -0.2) is 13.6 Å². The first kappa shape index (κ1) is 8.13. The minimum atomic E-state index is -2.64. The van der Waals surface area contributed by atoms with Crippen molar-refractivity contribution in [3.63, 3.8) is 0 Å². The van der Waals surface area contributed by atoms with Crippen LogP contribution in [0.5, 0.6) is 0 Å². The molecule has 9 heavy (non-hydrogen) atoms. The minimum absolute atomic E-state index is 0.910. The molecule has 0 fully saturated rings. The van der Waals surface area contributed by atoms with Crippen LogP contribution in [0.4, 0.5) is 13.6 Å². The van der Waals surface area contributed by atoms with Crippen molar-refractivity contribution >= 4 is 6.16 Å². The summed E-state index contributed by atoms with van der Waals surface area (Å²) in [6.45, 7) is -0.910. The normalized spacial score (nSPS) is 9.33. The van der Waals surface area contributed by atoms with E-state index in [2.05, 4.69) is 9.47 Å². The van der Waals surface area contributed by atoms with Crippen molar-refractivity contribution in [1.29, 1.82) is 0 Å². The van der Waals surface area contributed by atoms with Gasteiger partial charge in [0, 0.05) is 0 Å². The summed E-state index contributed by atoms with van der Waals surface area (Å²) in [6, 6.07) is 0. The first-order valence-electron chi connectivity index (χ1n) is 2.15. The minimum Gasteiger partial charge on any atom is -0.438 e. The molecule has 0 rings (SSSR count). The molecular formula is C4H6F2O3. The van der Waals surface area contributed by atoms with Gasteiger partial charge >= 0.3 is 6.16 Å². The third-order valence-electron chi connectivity index (χ3n) is 0.494. The van der Waals surface area contributed by atoms with Gasteiger partial charge in [-0.15, -0.1) is 0 Å². The number of alkyl halides is 2. The fourth-order valence-corrected chi connectivity index (χ4v) is 0.190. The summed E-state index contributed by atoms with van der Waals surface area (Å²) in [5.41, 5.74) is 0. The molecule has 0 bridgehead atoms. The standard InChI is InChI=1S/C4H6F2O3/c1-8-4(7)9-2-3(5)6/h3H,2H2,1H3. The molecule has 0 saturated heterocycles.